The van der Waals surface area contributed by atoms with E-state index in [1.807, 2.05) is 0 Å². The highest BCUT2D eigenvalue weighted by Gasteiger charge is 2.11. The maximum Gasteiger partial charge on any atom is 0.320 e. The Morgan fingerprint density at radius 2 is 2.06 bits per heavy atom. The van der Waals surface area contributed by atoms with Crippen molar-refractivity contribution in [3.63, 3.8) is 0 Å². The Morgan fingerprint density at radius 1 is 1.38 bits per heavy atom. The van der Waals surface area contributed by atoms with Gasteiger partial charge in [0.2, 0.25) is 0 Å². The molecule has 0 fully saturated rings. The van der Waals surface area contributed by atoms with Crippen molar-refractivity contribution in [2.75, 3.05) is 13.2 Å². The minimum Gasteiger partial charge on any atom is -0.480 e. The summed E-state index contributed by atoms with van der Waals surface area (Å²) in [7, 11) is 0. The van der Waals surface area contributed by atoms with E-state index in [0.717, 1.165) is 13.0 Å². The zero-order valence-corrected chi connectivity index (χ0v) is 10.4. The number of hydrogen-bond acceptors (Lipinski definition) is 3. The van der Waals surface area contributed by atoms with E-state index in [2.05, 4.69) is 13.8 Å². The summed E-state index contributed by atoms with van der Waals surface area (Å²) in [5.74, 6) is -0.359. The molecule has 4 heteroatoms. The van der Waals surface area contributed by atoms with Gasteiger partial charge in [0.05, 0.1) is 0 Å². The molecule has 0 saturated heterocycles. The molecule has 2 unspecified atom stereocenters. The van der Waals surface area contributed by atoms with E-state index in [1.165, 1.54) is 19.3 Å². The quantitative estimate of drug-likeness (QED) is 0.564. The van der Waals surface area contributed by atoms with Gasteiger partial charge < -0.3 is 15.6 Å². The molecule has 0 aliphatic heterocycles. The van der Waals surface area contributed by atoms with Crippen LogP contribution < -0.4 is 5.73 Å². The van der Waals surface area contributed by atoms with E-state index in [9.17, 15) is 4.79 Å². The topological polar surface area (TPSA) is 72.5 Å². The van der Waals surface area contributed by atoms with Crippen LogP contribution in [0.25, 0.3) is 0 Å². The van der Waals surface area contributed by atoms with E-state index < -0.39 is 12.0 Å². The van der Waals surface area contributed by atoms with Crippen LogP contribution in [0.3, 0.4) is 0 Å². The molecule has 0 aromatic rings. The van der Waals surface area contributed by atoms with Crippen LogP contribution in [0.1, 0.15) is 46.0 Å². The SMILES string of the molecule is CCCCC(CC)COCCC(N)C(=O)O. The minimum absolute atomic E-state index is 0.388. The highest BCUT2D eigenvalue weighted by molar-refractivity contribution is 5.72. The van der Waals surface area contributed by atoms with Crippen molar-refractivity contribution in [1.29, 1.82) is 0 Å². The Hall–Kier alpha value is -0.610. The van der Waals surface area contributed by atoms with Crippen LogP contribution in [0.4, 0.5) is 0 Å². The molecule has 0 aliphatic carbocycles. The lowest BCUT2D eigenvalue weighted by atomic mass is 10.0. The van der Waals surface area contributed by atoms with E-state index in [1.54, 1.807) is 0 Å². The Bertz CT molecular complexity index is 185. The van der Waals surface area contributed by atoms with Gasteiger partial charge in [-0.1, -0.05) is 33.1 Å². The summed E-state index contributed by atoms with van der Waals surface area (Å²) in [6, 6.07) is -0.796. The van der Waals surface area contributed by atoms with Crippen LogP contribution in [0, 0.1) is 5.92 Å². The van der Waals surface area contributed by atoms with Gasteiger partial charge in [-0.15, -0.1) is 0 Å². The number of carboxylic acids is 1. The largest absolute Gasteiger partial charge is 0.480 e. The van der Waals surface area contributed by atoms with Gasteiger partial charge in [-0.25, -0.2) is 0 Å². The van der Waals surface area contributed by atoms with Gasteiger partial charge in [0.15, 0.2) is 0 Å². The van der Waals surface area contributed by atoms with Crippen molar-refractivity contribution in [1.82, 2.24) is 0 Å². The number of nitrogens with two attached hydrogens (primary N) is 1. The zero-order chi connectivity index (χ0) is 12.4. The van der Waals surface area contributed by atoms with Crippen molar-refractivity contribution < 1.29 is 14.6 Å². The fourth-order valence-electron chi connectivity index (χ4n) is 1.48. The molecule has 4 nitrogen and oxygen atoms in total. The zero-order valence-electron chi connectivity index (χ0n) is 10.4. The molecule has 0 heterocycles. The molecule has 2 atom stereocenters. The average Bonchev–Trinajstić information content (AvgIpc) is 2.27. The van der Waals surface area contributed by atoms with Gasteiger partial charge in [0, 0.05) is 13.2 Å². The Kier molecular flexibility index (Phi) is 9.24. The highest BCUT2D eigenvalue weighted by Crippen LogP contribution is 2.12. The maximum atomic E-state index is 10.4. The molecule has 0 amide bonds. The summed E-state index contributed by atoms with van der Waals surface area (Å²) in [6.07, 6.45) is 5.14. The summed E-state index contributed by atoms with van der Waals surface area (Å²) in [6.45, 7) is 5.51. The van der Waals surface area contributed by atoms with Gasteiger partial charge in [0.25, 0.3) is 0 Å². The lowest BCUT2D eigenvalue weighted by Gasteiger charge is -2.15. The normalized spacial score (nSPS) is 14.7. The van der Waals surface area contributed by atoms with Crippen molar-refractivity contribution >= 4 is 5.97 Å². The van der Waals surface area contributed by atoms with Crippen molar-refractivity contribution in [3.8, 4) is 0 Å². The number of carboxylic acid groups (broad SMARTS) is 1. The fraction of sp³-hybridized carbons (Fsp3) is 0.917. The fourth-order valence-corrected chi connectivity index (χ4v) is 1.48. The third-order valence-electron chi connectivity index (χ3n) is 2.79. The second-order valence-electron chi connectivity index (χ2n) is 4.22. The van der Waals surface area contributed by atoms with E-state index in [0.29, 0.717) is 18.9 Å². The lowest BCUT2D eigenvalue weighted by Crippen LogP contribution is -2.31. The Morgan fingerprint density at radius 3 is 2.56 bits per heavy atom. The second kappa shape index (κ2) is 9.60. The molecule has 0 aliphatic rings. The number of unbranched alkanes of at least 4 members (excludes halogenated alkanes) is 1. The molecule has 0 rings (SSSR count). The summed E-state index contributed by atoms with van der Waals surface area (Å²) in [4.78, 5) is 10.4. The number of aliphatic carboxylic acids is 1. The van der Waals surface area contributed by atoms with Gasteiger partial charge in [-0.05, 0) is 18.8 Å². The molecular formula is C12H25NO3. The minimum atomic E-state index is -0.957. The van der Waals surface area contributed by atoms with Crippen LogP contribution >= 0.6 is 0 Å². The monoisotopic (exact) mass is 231 g/mol. The first kappa shape index (κ1) is 15.4. The molecule has 0 spiro atoms. The predicted octanol–water partition coefficient (Wildman–Crippen LogP) is 2.02. The number of ether oxygens (including phenoxy) is 1. The summed E-state index contributed by atoms with van der Waals surface area (Å²) in [5.41, 5.74) is 5.37. The number of rotatable bonds is 10. The first-order valence-electron chi connectivity index (χ1n) is 6.17. The molecule has 96 valence electrons. The Balaban J connectivity index is 3.51. The molecule has 0 aromatic carbocycles. The van der Waals surface area contributed by atoms with Crippen molar-refractivity contribution in [2.45, 2.75) is 52.0 Å². The second-order valence-corrected chi connectivity index (χ2v) is 4.22. The number of carbonyl (C=O) groups is 1. The maximum absolute atomic E-state index is 10.4. The van der Waals surface area contributed by atoms with Crippen LogP contribution in [0.2, 0.25) is 0 Å². The molecule has 16 heavy (non-hydrogen) atoms. The third-order valence-corrected chi connectivity index (χ3v) is 2.79. The molecule has 0 aromatic heterocycles. The summed E-state index contributed by atoms with van der Waals surface area (Å²) >= 11 is 0. The predicted molar refractivity (Wildman–Crippen MR) is 64.4 cm³/mol. The van der Waals surface area contributed by atoms with Crippen LogP contribution in [0.15, 0.2) is 0 Å². The summed E-state index contributed by atoms with van der Waals surface area (Å²) in [5, 5.41) is 8.57. The number of hydrogen-bond donors (Lipinski definition) is 2. The third kappa shape index (κ3) is 7.65. The Labute approximate surface area is 98.2 Å². The first-order chi connectivity index (χ1) is 7.61. The molecule has 0 bridgehead atoms. The lowest BCUT2D eigenvalue weighted by molar-refractivity contribution is -0.139. The van der Waals surface area contributed by atoms with Gasteiger partial charge in [-0.2, -0.15) is 0 Å². The van der Waals surface area contributed by atoms with Crippen LogP contribution in [-0.2, 0) is 9.53 Å². The highest BCUT2D eigenvalue weighted by atomic mass is 16.5. The molecule has 3 N–H and O–H groups in total. The molecule has 0 radical (unpaired) electrons. The van der Waals surface area contributed by atoms with Crippen molar-refractivity contribution in [3.05, 3.63) is 0 Å². The van der Waals surface area contributed by atoms with E-state index in [-0.39, 0.29) is 0 Å². The van der Waals surface area contributed by atoms with E-state index in [4.69, 9.17) is 15.6 Å². The van der Waals surface area contributed by atoms with Crippen molar-refractivity contribution in [2.24, 2.45) is 11.7 Å². The van der Waals surface area contributed by atoms with E-state index >= 15 is 0 Å². The van der Waals surface area contributed by atoms with Crippen LogP contribution in [-0.4, -0.2) is 30.3 Å². The standard InChI is InChI=1S/C12H25NO3/c1-3-5-6-10(4-2)9-16-8-7-11(13)12(14)15/h10-11H,3-9,13H2,1-2H3,(H,14,15). The average molecular weight is 231 g/mol. The van der Waals surface area contributed by atoms with Gasteiger partial charge in [-0.3, -0.25) is 4.79 Å². The molecule has 0 saturated carbocycles. The van der Waals surface area contributed by atoms with Gasteiger partial charge >= 0.3 is 5.97 Å². The smallest absolute Gasteiger partial charge is 0.320 e. The first-order valence-corrected chi connectivity index (χ1v) is 6.17. The molecular weight excluding hydrogens is 206 g/mol. The van der Waals surface area contributed by atoms with Crippen LogP contribution in [0.5, 0.6) is 0 Å². The summed E-state index contributed by atoms with van der Waals surface area (Å²) < 4.78 is 5.46. The van der Waals surface area contributed by atoms with Gasteiger partial charge in [0.1, 0.15) is 6.04 Å².